The maximum absolute atomic E-state index is 13.1. The van der Waals surface area contributed by atoms with E-state index in [0.717, 1.165) is 5.56 Å². The number of hydrogen-bond donors (Lipinski definition) is 0. The first kappa shape index (κ1) is 32.0. The summed E-state index contributed by atoms with van der Waals surface area (Å²) in [5, 5.41) is 0. The van der Waals surface area contributed by atoms with Crippen LogP contribution in [0.5, 0.6) is 17.2 Å². The molecule has 6 nitrogen and oxygen atoms in total. The second-order valence-corrected chi connectivity index (χ2v) is 15.4. The van der Waals surface area contributed by atoms with Crippen LogP contribution >= 0.6 is 0 Å². The summed E-state index contributed by atoms with van der Waals surface area (Å²) in [6, 6.07) is 25.5. The lowest BCUT2D eigenvalue weighted by Crippen LogP contribution is -2.22. The van der Waals surface area contributed by atoms with Crippen LogP contribution in [0, 0.1) is 0 Å². The lowest BCUT2D eigenvalue weighted by molar-refractivity contribution is 0.131. The van der Waals surface area contributed by atoms with E-state index >= 15 is 0 Å². The Kier molecular flexibility index (Phi) is 9.15. The van der Waals surface area contributed by atoms with Crippen molar-refractivity contribution in [3.05, 3.63) is 103 Å². The summed E-state index contributed by atoms with van der Waals surface area (Å²) in [5.74, 6) is 1.43. The van der Waals surface area contributed by atoms with Crippen LogP contribution in [0.15, 0.2) is 117 Å². The van der Waals surface area contributed by atoms with E-state index in [9.17, 15) is 16.8 Å². The smallest absolute Gasteiger partial charge is 0.206 e. The van der Waals surface area contributed by atoms with Crippen LogP contribution < -0.4 is 9.47 Å². The molecule has 0 aliphatic heterocycles. The molecule has 0 amide bonds. The summed E-state index contributed by atoms with van der Waals surface area (Å²) in [6.07, 6.45) is 0. The summed E-state index contributed by atoms with van der Waals surface area (Å²) in [4.78, 5) is 0.668. The van der Waals surface area contributed by atoms with Crippen LogP contribution in [0.1, 0.15) is 47.1 Å². The Balaban J connectivity index is 0.00000462. The zero-order valence-corrected chi connectivity index (χ0v) is 25.8. The standard InChI is InChI=1S/C32H34O6S2.BH/c1-31(2,3)23-7-15-27(16-8-23)39(33,34)28-17-9-24(10-18-28)37-25-11-19-29(20-12-25)40(35,36)30-21-13-26(14-22-30)38-32(4,5)6;/h7-22H,1-6H3;1H. The van der Waals surface area contributed by atoms with Crippen molar-refractivity contribution in [1.29, 1.82) is 0 Å². The first-order valence-corrected chi connectivity index (χ1v) is 15.8. The Hall–Kier alpha value is -3.56. The molecule has 4 aromatic rings. The normalized spacial score (nSPS) is 12.3. The molecule has 4 rings (SSSR count). The van der Waals surface area contributed by atoms with Crippen LogP contribution in [0.3, 0.4) is 0 Å². The van der Waals surface area contributed by atoms with E-state index in [2.05, 4.69) is 20.8 Å². The van der Waals surface area contributed by atoms with Gasteiger partial charge in [-0.25, -0.2) is 16.8 Å². The van der Waals surface area contributed by atoms with Gasteiger partial charge in [0.15, 0.2) is 0 Å². The van der Waals surface area contributed by atoms with Crippen molar-refractivity contribution < 1.29 is 26.3 Å². The van der Waals surface area contributed by atoms with Gasteiger partial charge < -0.3 is 9.47 Å². The van der Waals surface area contributed by atoms with Crippen LogP contribution in [-0.4, -0.2) is 30.8 Å². The minimum absolute atomic E-state index is 0. The molecule has 41 heavy (non-hydrogen) atoms. The molecule has 9 heteroatoms. The molecule has 2 radical (unpaired) electrons. The summed E-state index contributed by atoms with van der Waals surface area (Å²) in [6.45, 7) is 12.0. The maximum atomic E-state index is 13.1. The van der Waals surface area contributed by atoms with E-state index in [-0.39, 0.29) is 39.0 Å². The molecule has 214 valence electrons. The molecular formula is C32H35BO6S2. The molecule has 0 bridgehead atoms. The number of rotatable bonds is 7. The highest BCUT2D eigenvalue weighted by Gasteiger charge is 2.21. The molecule has 0 aromatic heterocycles. The molecule has 0 unspecified atom stereocenters. The van der Waals surface area contributed by atoms with Crippen LogP contribution in [0.4, 0.5) is 0 Å². The monoisotopic (exact) mass is 590 g/mol. The number of benzene rings is 4. The fourth-order valence-electron chi connectivity index (χ4n) is 3.96. The van der Waals surface area contributed by atoms with Gasteiger partial charge in [-0.2, -0.15) is 0 Å². The highest BCUT2D eigenvalue weighted by atomic mass is 32.2. The van der Waals surface area contributed by atoms with Crippen molar-refractivity contribution in [2.45, 2.75) is 72.1 Å². The zero-order chi connectivity index (χ0) is 29.3. The van der Waals surface area contributed by atoms with Gasteiger partial charge >= 0.3 is 0 Å². The zero-order valence-electron chi connectivity index (χ0n) is 24.2. The first-order chi connectivity index (χ1) is 18.6. The van der Waals surface area contributed by atoms with Crippen molar-refractivity contribution in [1.82, 2.24) is 0 Å². The average molecular weight is 591 g/mol. The Morgan fingerprint density at radius 2 is 0.756 bits per heavy atom. The number of ether oxygens (including phenoxy) is 2. The second-order valence-electron chi connectivity index (χ2n) is 11.5. The fourth-order valence-corrected chi connectivity index (χ4v) is 6.48. The van der Waals surface area contributed by atoms with Gasteiger partial charge in [-0.05, 0) is 117 Å². The summed E-state index contributed by atoms with van der Waals surface area (Å²) in [5.41, 5.74) is 0.595. The topological polar surface area (TPSA) is 86.7 Å². The fraction of sp³-hybridized carbons (Fsp3) is 0.250. The second kappa shape index (κ2) is 11.7. The SMILES string of the molecule is CC(C)(C)Oc1ccc(S(=O)(=O)c2ccc(Oc3ccc(S(=O)(=O)c4ccc(C(C)(C)C)cc4)cc3)cc2)cc1.[BH]. The highest BCUT2D eigenvalue weighted by Crippen LogP contribution is 2.30. The van der Waals surface area contributed by atoms with Crippen molar-refractivity contribution in [2.24, 2.45) is 0 Å². The van der Waals surface area contributed by atoms with Gasteiger partial charge in [0.1, 0.15) is 22.8 Å². The van der Waals surface area contributed by atoms with Gasteiger partial charge in [0.05, 0.1) is 19.6 Å². The van der Waals surface area contributed by atoms with Gasteiger partial charge in [-0.1, -0.05) is 32.9 Å². The summed E-state index contributed by atoms with van der Waals surface area (Å²) < 4.78 is 63.9. The summed E-state index contributed by atoms with van der Waals surface area (Å²) in [7, 11) is -7.41. The Labute approximate surface area is 245 Å². The lowest BCUT2D eigenvalue weighted by Gasteiger charge is -2.21. The Morgan fingerprint density at radius 3 is 1.05 bits per heavy atom. The third kappa shape index (κ3) is 7.60. The minimum atomic E-state index is -3.73. The Morgan fingerprint density at radius 1 is 0.463 bits per heavy atom. The van der Waals surface area contributed by atoms with Crippen molar-refractivity contribution in [2.75, 3.05) is 0 Å². The minimum Gasteiger partial charge on any atom is -0.488 e. The predicted molar refractivity (Wildman–Crippen MR) is 163 cm³/mol. The van der Waals surface area contributed by atoms with E-state index in [1.165, 1.54) is 36.4 Å². The number of hydrogen-bond acceptors (Lipinski definition) is 6. The van der Waals surface area contributed by atoms with Gasteiger partial charge in [0.25, 0.3) is 0 Å². The first-order valence-electron chi connectivity index (χ1n) is 12.8. The van der Waals surface area contributed by atoms with Gasteiger partial charge in [-0.3, -0.25) is 0 Å². The summed E-state index contributed by atoms with van der Waals surface area (Å²) >= 11 is 0. The van der Waals surface area contributed by atoms with Crippen LogP contribution in [0.25, 0.3) is 0 Å². The van der Waals surface area contributed by atoms with Crippen molar-refractivity contribution >= 4 is 28.1 Å². The molecule has 0 saturated heterocycles. The quantitative estimate of drug-likeness (QED) is 0.216. The third-order valence-corrected chi connectivity index (χ3v) is 9.66. The van der Waals surface area contributed by atoms with E-state index in [1.54, 1.807) is 48.5 Å². The van der Waals surface area contributed by atoms with Crippen molar-refractivity contribution in [3.63, 3.8) is 0 Å². The number of sulfone groups is 2. The molecule has 0 spiro atoms. The van der Waals surface area contributed by atoms with Gasteiger partial charge in [0, 0.05) is 8.41 Å². The molecular weight excluding hydrogens is 555 g/mol. The van der Waals surface area contributed by atoms with E-state index in [1.807, 2.05) is 32.9 Å². The maximum Gasteiger partial charge on any atom is 0.206 e. The molecule has 4 aromatic carbocycles. The molecule has 0 atom stereocenters. The largest absolute Gasteiger partial charge is 0.488 e. The third-order valence-electron chi connectivity index (χ3n) is 6.09. The van der Waals surface area contributed by atoms with Crippen LogP contribution in [-0.2, 0) is 25.1 Å². The molecule has 0 fully saturated rings. The van der Waals surface area contributed by atoms with Crippen molar-refractivity contribution in [3.8, 4) is 17.2 Å². The van der Waals surface area contributed by atoms with E-state index in [4.69, 9.17) is 9.47 Å². The molecule has 0 aliphatic carbocycles. The van der Waals surface area contributed by atoms with E-state index < -0.39 is 19.7 Å². The molecule has 0 saturated carbocycles. The molecule has 0 aliphatic rings. The lowest BCUT2D eigenvalue weighted by atomic mass is 9.87. The molecule has 0 N–H and O–H groups in total. The predicted octanol–water partition coefficient (Wildman–Crippen LogP) is 6.97. The Bertz CT molecular complexity index is 1680. The van der Waals surface area contributed by atoms with Gasteiger partial charge in [-0.15, -0.1) is 0 Å². The van der Waals surface area contributed by atoms with E-state index in [0.29, 0.717) is 17.2 Å². The average Bonchev–Trinajstić information content (AvgIpc) is 2.88. The van der Waals surface area contributed by atoms with Gasteiger partial charge in [0.2, 0.25) is 19.7 Å². The molecule has 0 heterocycles. The van der Waals surface area contributed by atoms with Crippen LogP contribution in [0.2, 0.25) is 0 Å². The highest BCUT2D eigenvalue weighted by molar-refractivity contribution is 7.91.